The Balaban J connectivity index is 1.82. The molecule has 2 unspecified atom stereocenters. The predicted octanol–water partition coefficient (Wildman–Crippen LogP) is 0.278. The predicted molar refractivity (Wildman–Crippen MR) is 64.0 cm³/mol. The van der Waals surface area contributed by atoms with Crippen molar-refractivity contribution in [1.29, 1.82) is 0 Å². The number of rotatable bonds is 3. The minimum atomic E-state index is 0.307. The van der Waals surface area contributed by atoms with E-state index in [1.807, 2.05) is 4.90 Å². The van der Waals surface area contributed by atoms with Crippen LogP contribution in [0.25, 0.3) is 0 Å². The van der Waals surface area contributed by atoms with E-state index in [1.165, 1.54) is 12.8 Å². The summed E-state index contributed by atoms with van der Waals surface area (Å²) in [6, 6.07) is 0.514. The average molecular weight is 225 g/mol. The number of nitrogens with two attached hydrogens (primary N) is 1. The number of carbonyl (C=O) groups excluding carboxylic acids is 1. The Bertz CT molecular complexity index is 251. The number of carbonyl (C=O) groups is 1. The Morgan fingerprint density at radius 3 is 2.62 bits per heavy atom. The van der Waals surface area contributed by atoms with Crippen LogP contribution in [0.15, 0.2) is 0 Å². The van der Waals surface area contributed by atoms with Crippen LogP contribution in [0.3, 0.4) is 0 Å². The number of amides is 1. The molecular formula is C12H23N3O. The molecule has 16 heavy (non-hydrogen) atoms. The maximum absolute atomic E-state index is 12.0. The first kappa shape index (κ1) is 11.9. The van der Waals surface area contributed by atoms with Gasteiger partial charge < -0.3 is 10.6 Å². The molecular weight excluding hydrogens is 202 g/mol. The standard InChI is InChI=1S/C12H23N3O/c1-10-6-11(7-13)8-15(10)9-12(16)14-4-2-3-5-14/h10-11H,2-9,13H2,1H3. The Labute approximate surface area is 97.8 Å². The lowest BCUT2D eigenvalue weighted by atomic mass is 10.1. The molecule has 2 saturated heterocycles. The van der Waals surface area contributed by atoms with Gasteiger partial charge in [-0.25, -0.2) is 0 Å². The molecule has 0 saturated carbocycles. The molecule has 0 aromatic carbocycles. The van der Waals surface area contributed by atoms with E-state index in [4.69, 9.17) is 5.73 Å². The largest absolute Gasteiger partial charge is 0.342 e. The lowest BCUT2D eigenvalue weighted by Crippen LogP contribution is -2.40. The second-order valence-corrected chi connectivity index (χ2v) is 5.20. The number of nitrogens with zero attached hydrogens (tertiary/aromatic N) is 2. The topological polar surface area (TPSA) is 49.6 Å². The van der Waals surface area contributed by atoms with Crippen LogP contribution >= 0.6 is 0 Å². The maximum atomic E-state index is 12.0. The summed E-state index contributed by atoms with van der Waals surface area (Å²) < 4.78 is 0. The van der Waals surface area contributed by atoms with Crippen LogP contribution in [-0.4, -0.2) is 54.5 Å². The zero-order valence-electron chi connectivity index (χ0n) is 10.2. The highest BCUT2D eigenvalue weighted by Crippen LogP contribution is 2.22. The molecule has 2 aliphatic rings. The van der Waals surface area contributed by atoms with Gasteiger partial charge in [0.05, 0.1) is 6.54 Å². The van der Waals surface area contributed by atoms with Crippen molar-refractivity contribution in [1.82, 2.24) is 9.80 Å². The van der Waals surface area contributed by atoms with Crippen molar-refractivity contribution in [3.8, 4) is 0 Å². The molecule has 2 atom stereocenters. The van der Waals surface area contributed by atoms with Gasteiger partial charge in [0.25, 0.3) is 0 Å². The molecule has 92 valence electrons. The summed E-state index contributed by atoms with van der Waals surface area (Å²) in [5.41, 5.74) is 5.69. The van der Waals surface area contributed by atoms with Crippen molar-refractivity contribution < 1.29 is 4.79 Å². The first-order valence-corrected chi connectivity index (χ1v) is 6.42. The van der Waals surface area contributed by atoms with Crippen LogP contribution in [0.5, 0.6) is 0 Å². The Morgan fingerprint density at radius 1 is 1.38 bits per heavy atom. The van der Waals surface area contributed by atoms with Gasteiger partial charge in [0, 0.05) is 25.7 Å². The van der Waals surface area contributed by atoms with Gasteiger partial charge in [0.15, 0.2) is 0 Å². The van der Waals surface area contributed by atoms with Gasteiger partial charge in [-0.1, -0.05) is 0 Å². The number of likely N-dealkylation sites (tertiary alicyclic amines) is 2. The molecule has 1 amide bonds. The molecule has 2 fully saturated rings. The Morgan fingerprint density at radius 2 is 2.06 bits per heavy atom. The molecule has 0 spiro atoms. The minimum Gasteiger partial charge on any atom is -0.342 e. The SMILES string of the molecule is CC1CC(CN)CN1CC(=O)N1CCCC1. The second kappa shape index (κ2) is 5.15. The third-order valence-electron chi connectivity index (χ3n) is 3.92. The van der Waals surface area contributed by atoms with Crippen LogP contribution in [0.2, 0.25) is 0 Å². The van der Waals surface area contributed by atoms with Gasteiger partial charge in [0.1, 0.15) is 0 Å². The molecule has 2 N–H and O–H groups in total. The van der Waals surface area contributed by atoms with E-state index in [0.717, 1.165) is 32.6 Å². The second-order valence-electron chi connectivity index (χ2n) is 5.20. The molecule has 0 bridgehead atoms. The quantitative estimate of drug-likeness (QED) is 0.750. The minimum absolute atomic E-state index is 0.307. The Hall–Kier alpha value is -0.610. The maximum Gasteiger partial charge on any atom is 0.236 e. The zero-order chi connectivity index (χ0) is 11.5. The fourth-order valence-electron chi connectivity index (χ4n) is 2.85. The highest BCUT2D eigenvalue weighted by molar-refractivity contribution is 5.78. The van der Waals surface area contributed by atoms with Gasteiger partial charge in [0.2, 0.25) is 5.91 Å². The van der Waals surface area contributed by atoms with E-state index in [0.29, 0.717) is 24.4 Å². The van der Waals surface area contributed by atoms with E-state index >= 15 is 0 Å². The molecule has 2 heterocycles. The lowest BCUT2D eigenvalue weighted by Gasteiger charge is -2.23. The zero-order valence-corrected chi connectivity index (χ0v) is 10.2. The normalized spacial score (nSPS) is 31.2. The summed E-state index contributed by atoms with van der Waals surface area (Å²) >= 11 is 0. The van der Waals surface area contributed by atoms with Crippen LogP contribution in [-0.2, 0) is 4.79 Å². The molecule has 4 nitrogen and oxygen atoms in total. The van der Waals surface area contributed by atoms with Crippen molar-refractivity contribution in [3.63, 3.8) is 0 Å². The van der Waals surface area contributed by atoms with Crippen molar-refractivity contribution in [2.45, 2.75) is 32.2 Å². The van der Waals surface area contributed by atoms with E-state index in [-0.39, 0.29) is 0 Å². The summed E-state index contributed by atoms with van der Waals surface area (Å²) in [5.74, 6) is 0.892. The van der Waals surface area contributed by atoms with Gasteiger partial charge in [-0.15, -0.1) is 0 Å². The van der Waals surface area contributed by atoms with Crippen LogP contribution in [0.4, 0.5) is 0 Å². The first-order chi connectivity index (χ1) is 7.70. The molecule has 0 aromatic heterocycles. The molecule has 2 rings (SSSR count). The van der Waals surface area contributed by atoms with Crippen LogP contribution in [0, 0.1) is 5.92 Å². The van der Waals surface area contributed by atoms with Gasteiger partial charge in [-0.2, -0.15) is 0 Å². The smallest absolute Gasteiger partial charge is 0.236 e. The average Bonchev–Trinajstić information content (AvgIpc) is 2.88. The molecule has 2 aliphatic heterocycles. The van der Waals surface area contributed by atoms with Crippen molar-refractivity contribution in [3.05, 3.63) is 0 Å². The summed E-state index contributed by atoms with van der Waals surface area (Å²) in [5, 5.41) is 0. The fraction of sp³-hybridized carbons (Fsp3) is 0.917. The molecule has 0 radical (unpaired) electrons. The highest BCUT2D eigenvalue weighted by Gasteiger charge is 2.30. The summed E-state index contributed by atoms with van der Waals surface area (Å²) in [4.78, 5) is 16.3. The molecule has 0 aromatic rings. The summed E-state index contributed by atoms with van der Waals surface area (Å²) in [7, 11) is 0. The van der Waals surface area contributed by atoms with Gasteiger partial charge >= 0.3 is 0 Å². The number of hydrogen-bond acceptors (Lipinski definition) is 3. The summed E-state index contributed by atoms with van der Waals surface area (Å²) in [6.45, 7) is 6.46. The fourth-order valence-corrected chi connectivity index (χ4v) is 2.85. The summed E-state index contributed by atoms with van der Waals surface area (Å²) in [6.07, 6.45) is 3.49. The van der Waals surface area contributed by atoms with E-state index in [2.05, 4.69) is 11.8 Å². The highest BCUT2D eigenvalue weighted by atomic mass is 16.2. The van der Waals surface area contributed by atoms with Gasteiger partial charge in [-0.3, -0.25) is 9.69 Å². The van der Waals surface area contributed by atoms with Crippen LogP contribution < -0.4 is 5.73 Å². The van der Waals surface area contributed by atoms with Crippen molar-refractivity contribution in [2.24, 2.45) is 11.7 Å². The monoisotopic (exact) mass is 225 g/mol. The van der Waals surface area contributed by atoms with E-state index < -0.39 is 0 Å². The van der Waals surface area contributed by atoms with E-state index in [1.54, 1.807) is 0 Å². The van der Waals surface area contributed by atoms with E-state index in [9.17, 15) is 4.79 Å². The van der Waals surface area contributed by atoms with Crippen LogP contribution in [0.1, 0.15) is 26.2 Å². The van der Waals surface area contributed by atoms with Crippen molar-refractivity contribution >= 4 is 5.91 Å². The number of hydrogen-bond donors (Lipinski definition) is 1. The van der Waals surface area contributed by atoms with Gasteiger partial charge in [-0.05, 0) is 38.6 Å². The lowest BCUT2D eigenvalue weighted by molar-refractivity contribution is -0.131. The third-order valence-corrected chi connectivity index (χ3v) is 3.92. The Kier molecular flexibility index (Phi) is 3.82. The molecule has 4 heteroatoms. The first-order valence-electron chi connectivity index (χ1n) is 6.42. The molecule has 0 aliphatic carbocycles. The van der Waals surface area contributed by atoms with Crippen molar-refractivity contribution in [2.75, 3.05) is 32.7 Å². The third kappa shape index (κ3) is 2.55.